The molecule has 4 nitrogen and oxygen atoms in total. The number of pyridine rings is 1. The summed E-state index contributed by atoms with van der Waals surface area (Å²) >= 11 is 1.60. The minimum Gasteiger partial charge on any atom is -0.322 e. The topological polar surface area (TPSA) is 57.0 Å². The zero-order valence-electron chi connectivity index (χ0n) is 13.0. The fourth-order valence-electron chi connectivity index (χ4n) is 2.89. The zero-order valence-corrected chi connectivity index (χ0v) is 13.8. The van der Waals surface area contributed by atoms with Crippen molar-refractivity contribution in [2.45, 2.75) is 18.9 Å². The summed E-state index contributed by atoms with van der Waals surface area (Å²) in [6.45, 7) is 0.133. The average molecular weight is 333 g/mol. The molecule has 1 fully saturated rings. The van der Waals surface area contributed by atoms with Gasteiger partial charge in [0, 0.05) is 11.4 Å². The number of aromatic nitrogens is 1. The van der Waals surface area contributed by atoms with Crippen molar-refractivity contribution in [1.82, 2.24) is 9.88 Å². The van der Waals surface area contributed by atoms with Gasteiger partial charge in [-0.3, -0.25) is 4.79 Å². The summed E-state index contributed by atoms with van der Waals surface area (Å²) in [7, 11) is 0. The maximum Gasteiger partial charge on any atom is 0.255 e. The summed E-state index contributed by atoms with van der Waals surface area (Å²) in [5, 5.41) is 11.9. The number of hydrogen-bond donors (Lipinski definition) is 0. The number of carbonyl (C=O) groups is 1. The number of nitriles is 1. The Morgan fingerprint density at radius 2 is 2.12 bits per heavy atom. The lowest BCUT2D eigenvalue weighted by Gasteiger charge is -2.20. The van der Waals surface area contributed by atoms with Crippen molar-refractivity contribution in [1.29, 1.82) is 5.26 Å². The smallest absolute Gasteiger partial charge is 0.255 e. The van der Waals surface area contributed by atoms with Gasteiger partial charge in [0.25, 0.3) is 5.91 Å². The lowest BCUT2D eigenvalue weighted by molar-refractivity contribution is 0.0767. The number of rotatable bonds is 4. The zero-order chi connectivity index (χ0) is 16.5. The van der Waals surface area contributed by atoms with Gasteiger partial charge in [-0.25, -0.2) is 4.98 Å². The third kappa shape index (κ3) is 2.66. The normalized spacial score (nSPS) is 13.6. The first-order valence-electron chi connectivity index (χ1n) is 7.89. The summed E-state index contributed by atoms with van der Waals surface area (Å²) < 4.78 is 0. The molecule has 1 aromatic carbocycles. The van der Waals surface area contributed by atoms with E-state index >= 15 is 0 Å². The predicted octanol–water partition coefficient (Wildman–Crippen LogP) is 4.09. The first kappa shape index (κ1) is 14.9. The Balaban J connectivity index is 1.86. The highest BCUT2D eigenvalue weighted by Gasteiger charge is 2.33. The molecule has 1 aliphatic rings. The highest BCUT2D eigenvalue weighted by atomic mass is 32.1. The van der Waals surface area contributed by atoms with Gasteiger partial charge in [-0.2, -0.15) is 5.26 Å². The molecule has 2 aromatic heterocycles. The van der Waals surface area contributed by atoms with Crippen LogP contribution in [0.3, 0.4) is 0 Å². The predicted molar refractivity (Wildman–Crippen MR) is 94.7 cm³/mol. The van der Waals surface area contributed by atoms with E-state index in [1.54, 1.807) is 16.2 Å². The number of carbonyl (C=O) groups excluding carboxylic acids is 1. The molecule has 3 aromatic rings. The number of amides is 1. The Hall–Kier alpha value is -2.71. The SMILES string of the molecule is N#CCN(C(=O)c1cc(-c2cccs2)nc2ccccc12)C1CC1. The van der Waals surface area contributed by atoms with Crippen LogP contribution in [0.25, 0.3) is 21.5 Å². The van der Waals surface area contributed by atoms with Crippen molar-refractivity contribution in [2.24, 2.45) is 0 Å². The van der Waals surface area contributed by atoms with E-state index in [0.29, 0.717) is 5.56 Å². The molecule has 0 aliphatic heterocycles. The van der Waals surface area contributed by atoms with Crippen LogP contribution in [-0.2, 0) is 0 Å². The molecule has 118 valence electrons. The molecule has 5 heteroatoms. The van der Waals surface area contributed by atoms with Gasteiger partial charge in [0.05, 0.1) is 27.7 Å². The summed E-state index contributed by atoms with van der Waals surface area (Å²) in [5.41, 5.74) is 2.24. The molecule has 24 heavy (non-hydrogen) atoms. The van der Waals surface area contributed by atoms with Crippen molar-refractivity contribution in [3.8, 4) is 16.6 Å². The van der Waals surface area contributed by atoms with E-state index in [1.165, 1.54) is 0 Å². The van der Waals surface area contributed by atoms with Gasteiger partial charge in [-0.1, -0.05) is 24.3 Å². The second-order valence-electron chi connectivity index (χ2n) is 5.87. The summed E-state index contributed by atoms with van der Waals surface area (Å²) in [6, 6.07) is 15.9. The fraction of sp³-hybridized carbons (Fsp3) is 0.211. The lowest BCUT2D eigenvalue weighted by Crippen LogP contribution is -2.33. The van der Waals surface area contributed by atoms with Gasteiger partial charge in [-0.05, 0) is 36.4 Å². The highest BCUT2D eigenvalue weighted by molar-refractivity contribution is 7.13. The lowest BCUT2D eigenvalue weighted by atomic mass is 10.1. The van der Waals surface area contributed by atoms with Crippen LogP contribution in [0.2, 0.25) is 0 Å². The number of hydrogen-bond acceptors (Lipinski definition) is 4. The third-order valence-corrected chi connectivity index (χ3v) is 5.10. The van der Waals surface area contributed by atoms with Crippen LogP contribution in [0.5, 0.6) is 0 Å². The molecule has 1 amide bonds. The van der Waals surface area contributed by atoms with E-state index in [9.17, 15) is 4.79 Å². The Kier molecular flexibility index (Phi) is 3.75. The number of nitrogens with zero attached hydrogens (tertiary/aromatic N) is 3. The minimum atomic E-state index is -0.0737. The van der Waals surface area contributed by atoms with Crippen molar-refractivity contribution < 1.29 is 4.79 Å². The molecule has 2 heterocycles. The Morgan fingerprint density at radius 1 is 1.29 bits per heavy atom. The van der Waals surface area contributed by atoms with Crippen molar-refractivity contribution in [2.75, 3.05) is 6.54 Å². The fourth-order valence-corrected chi connectivity index (χ4v) is 3.57. The largest absolute Gasteiger partial charge is 0.322 e. The molecule has 0 N–H and O–H groups in total. The van der Waals surface area contributed by atoms with Crippen LogP contribution in [-0.4, -0.2) is 28.4 Å². The van der Waals surface area contributed by atoms with Gasteiger partial charge in [0.1, 0.15) is 6.54 Å². The monoisotopic (exact) mass is 333 g/mol. The molecule has 0 saturated heterocycles. The van der Waals surface area contributed by atoms with Gasteiger partial charge >= 0.3 is 0 Å². The van der Waals surface area contributed by atoms with E-state index in [4.69, 9.17) is 10.2 Å². The van der Waals surface area contributed by atoms with Crippen LogP contribution in [0.4, 0.5) is 0 Å². The van der Waals surface area contributed by atoms with E-state index < -0.39 is 0 Å². The highest BCUT2D eigenvalue weighted by Crippen LogP contribution is 2.32. The van der Waals surface area contributed by atoms with Crippen LogP contribution < -0.4 is 0 Å². The van der Waals surface area contributed by atoms with Crippen molar-refractivity contribution in [3.63, 3.8) is 0 Å². The van der Waals surface area contributed by atoms with E-state index in [-0.39, 0.29) is 18.5 Å². The molecular formula is C19H15N3OS. The molecule has 0 radical (unpaired) electrons. The number of benzene rings is 1. The molecule has 4 rings (SSSR count). The number of thiophene rings is 1. The van der Waals surface area contributed by atoms with Gasteiger partial charge < -0.3 is 4.90 Å². The summed E-state index contributed by atoms with van der Waals surface area (Å²) in [4.78, 5) is 20.5. The first-order valence-corrected chi connectivity index (χ1v) is 8.77. The quantitative estimate of drug-likeness (QED) is 0.676. The molecule has 0 atom stereocenters. The summed E-state index contributed by atoms with van der Waals surface area (Å²) in [5.74, 6) is -0.0737. The van der Waals surface area contributed by atoms with Crippen molar-refractivity contribution >= 4 is 28.1 Å². The van der Waals surface area contributed by atoms with E-state index in [1.807, 2.05) is 47.8 Å². The second-order valence-corrected chi connectivity index (χ2v) is 6.82. The Bertz CT molecular complexity index is 939. The van der Waals surface area contributed by atoms with Gasteiger partial charge in [0.15, 0.2) is 0 Å². The van der Waals surface area contributed by atoms with E-state index in [2.05, 4.69) is 6.07 Å². The number of fused-ring (bicyclic) bond motifs is 1. The van der Waals surface area contributed by atoms with Gasteiger partial charge in [-0.15, -0.1) is 11.3 Å². The first-order chi connectivity index (χ1) is 11.8. The van der Waals surface area contributed by atoms with Crippen LogP contribution in [0, 0.1) is 11.3 Å². The van der Waals surface area contributed by atoms with Gasteiger partial charge in [0.2, 0.25) is 0 Å². The Labute approximate surface area is 144 Å². The second kappa shape index (κ2) is 6.06. The molecule has 1 saturated carbocycles. The summed E-state index contributed by atoms with van der Waals surface area (Å²) in [6.07, 6.45) is 1.96. The van der Waals surface area contributed by atoms with Crippen LogP contribution >= 0.6 is 11.3 Å². The van der Waals surface area contributed by atoms with E-state index in [0.717, 1.165) is 34.3 Å². The molecule has 0 unspecified atom stereocenters. The van der Waals surface area contributed by atoms with Crippen LogP contribution in [0.1, 0.15) is 23.2 Å². The standard InChI is InChI=1S/C19H15N3OS/c20-9-10-22(13-7-8-13)19(23)15-12-17(18-6-3-11-24-18)21-16-5-2-1-4-14(15)16/h1-6,11-13H,7-8,10H2. The molecule has 0 bridgehead atoms. The maximum atomic E-state index is 13.1. The van der Waals surface area contributed by atoms with Crippen molar-refractivity contribution in [3.05, 3.63) is 53.4 Å². The van der Waals surface area contributed by atoms with Crippen LogP contribution in [0.15, 0.2) is 47.8 Å². The molecule has 1 aliphatic carbocycles. The number of para-hydroxylation sites is 1. The Morgan fingerprint density at radius 3 is 2.83 bits per heavy atom. The maximum absolute atomic E-state index is 13.1. The third-order valence-electron chi connectivity index (χ3n) is 4.21. The molecule has 0 spiro atoms. The molecular weight excluding hydrogens is 318 g/mol. The average Bonchev–Trinajstić information content (AvgIpc) is 3.30. The minimum absolute atomic E-state index is 0.0737.